The topological polar surface area (TPSA) is 44.1 Å². The minimum absolute atomic E-state index is 0.0218. The number of nitrogens with zero attached hydrogens (tertiary/aromatic N) is 2. The summed E-state index contributed by atoms with van der Waals surface area (Å²) in [5.74, 6) is 0.349. The highest BCUT2D eigenvalue weighted by Gasteiger charge is 2.21. The third kappa shape index (κ3) is 2.13. The van der Waals surface area contributed by atoms with Crippen LogP contribution in [0.5, 0.6) is 0 Å². The Hall–Kier alpha value is -0.680. The molecular weight excluding hydrogens is 260 g/mol. The van der Waals surface area contributed by atoms with Crippen LogP contribution in [-0.2, 0) is 11.8 Å². The summed E-state index contributed by atoms with van der Waals surface area (Å²) < 4.78 is 7.36. The van der Waals surface area contributed by atoms with Crippen LogP contribution in [0.25, 0.3) is 0 Å². The SMILES string of the molecule is Cn1cnc(C2CCOCC2)c(Br)c1=O. The van der Waals surface area contributed by atoms with E-state index in [0.29, 0.717) is 10.4 Å². The van der Waals surface area contributed by atoms with Gasteiger partial charge in [0.2, 0.25) is 0 Å². The van der Waals surface area contributed by atoms with Crippen LogP contribution in [0.15, 0.2) is 15.6 Å². The molecule has 0 aromatic carbocycles. The van der Waals surface area contributed by atoms with E-state index in [4.69, 9.17) is 4.74 Å². The summed E-state index contributed by atoms with van der Waals surface area (Å²) in [6, 6.07) is 0. The van der Waals surface area contributed by atoms with Gasteiger partial charge in [0.25, 0.3) is 5.56 Å². The van der Waals surface area contributed by atoms with Gasteiger partial charge in [0.15, 0.2) is 0 Å². The molecule has 1 aromatic heterocycles. The number of ether oxygens (including phenoxy) is 1. The van der Waals surface area contributed by atoms with Crippen LogP contribution in [0, 0.1) is 0 Å². The van der Waals surface area contributed by atoms with Gasteiger partial charge in [0.05, 0.1) is 12.0 Å². The zero-order chi connectivity index (χ0) is 10.8. The van der Waals surface area contributed by atoms with E-state index in [1.165, 1.54) is 4.57 Å². The fraction of sp³-hybridized carbons (Fsp3) is 0.600. The molecule has 5 heteroatoms. The smallest absolute Gasteiger partial charge is 0.267 e. The van der Waals surface area contributed by atoms with Gasteiger partial charge in [0, 0.05) is 26.2 Å². The molecule has 0 unspecified atom stereocenters. The van der Waals surface area contributed by atoms with Crippen molar-refractivity contribution in [3.05, 3.63) is 26.8 Å². The fourth-order valence-corrected chi connectivity index (χ4v) is 2.48. The Balaban J connectivity index is 2.35. The van der Waals surface area contributed by atoms with Crippen molar-refractivity contribution in [2.75, 3.05) is 13.2 Å². The van der Waals surface area contributed by atoms with Crippen molar-refractivity contribution in [1.82, 2.24) is 9.55 Å². The zero-order valence-corrected chi connectivity index (χ0v) is 10.2. The maximum absolute atomic E-state index is 11.7. The number of aromatic nitrogens is 2. The molecule has 0 aliphatic carbocycles. The summed E-state index contributed by atoms with van der Waals surface area (Å²) in [4.78, 5) is 16.0. The summed E-state index contributed by atoms with van der Waals surface area (Å²) in [6.45, 7) is 1.52. The molecular formula is C10H13BrN2O2. The second-order valence-electron chi connectivity index (χ2n) is 3.75. The quantitative estimate of drug-likeness (QED) is 0.777. The van der Waals surface area contributed by atoms with E-state index >= 15 is 0 Å². The first-order valence-electron chi connectivity index (χ1n) is 4.99. The lowest BCUT2D eigenvalue weighted by Gasteiger charge is -2.22. The average molecular weight is 273 g/mol. The average Bonchev–Trinajstić information content (AvgIpc) is 2.27. The van der Waals surface area contributed by atoms with Gasteiger partial charge in [-0.2, -0.15) is 0 Å². The van der Waals surface area contributed by atoms with Crippen LogP contribution in [0.4, 0.5) is 0 Å². The highest BCUT2D eigenvalue weighted by molar-refractivity contribution is 9.10. The molecule has 1 aromatic rings. The molecule has 0 saturated carbocycles. The van der Waals surface area contributed by atoms with Gasteiger partial charge in [-0.15, -0.1) is 0 Å². The van der Waals surface area contributed by atoms with Crippen LogP contribution in [-0.4, -0.2) is 22.8 Å². The highest BCUT2D eigenvalue weighted by Crippen LogP contribution is 2.28. The maximum atomic E-state index is 11.7. The number of aryl methyl sites for hydroxylation is 1. The Morgan fingerprint density at radius 2 is 2.20 bits per heavy atom. The van der Waals surface area contributed by atoms with E-state index in [0.717, 1.165) is 31.7 Å². The number of halogens is 1. The molecule has 2 rings (SSSR count). The second kappa shape index (κ2) is 4.45. The predicted molar refractivity (Wildman–Crippen MR) is 60.0 cm³/mol. The van der Waals surface area contributed by atoms with Crippen molar-refractivity contribution in [2.24, 2.45) is 7.05 Å². The van der Waals surface area contributed by atoms with Gasteiger partial charge in [0.1, 0.15) is 4.47 Å². The van der Waals surface area contributed by atoms with E-state index in [1.54, 1.807) is 13.4 Å². The van der Waals surface area contributed by atoms with E-state index in [9.17, 15) is 4.79 Å². The summed E-state index contributed by atoms with van der Waals surface area (Å²) in [6.07, 6.45) is 3.47. The van der Waals surface area contributed by atoms with Crippen molar-refractivity contribution in [3.63, 3.8) is 0 Å². The fourth-order valence-electron chi connectivity index (χ4n) is 1.78. The Bertz CT molecular complexity index is 410. The molecule has 15 heavy (non-hydrogen) atoms. The van der Waals surface area contributed by atoms with Crippen molar-refractivity contribution in [2.45, 2.75) is 18.8 Å². The number of rotatable bonds is 1. The lowest BCUT2D eigenvalue weighted by Crippen LogP contribution is -2.23. The molecule has 0 atom stereocenters. The summed E-state index contributed by atoms with van der Waals surface area (Å²) >= 11 is 3.33. The van der Waals surface area contributed by atoms with Gasteiger partial charge in [-0.25, -0.2) is 4.98 Å². The Kier molecular flexibility index (Phi) is 3.21. The molecule has 0 radical (unpaired) electrons. The van der Waals surface area contributed by atoms with Crippen LogP contribution in [0.2, 0.25) is 0 Å². The minimum Gasteiger partial charge on any atom is -0.381 e. The molecule has 0 amide bonds. The van der Waals surface area contributed by atoms with Gasteiger partial charge < -0.3 is 9.30 Å². The lowest BCUT2D eigenvalue weighted by molar-refractivity contribution is 0.0842. The monoisotopic (exact) mass is 272 g/mol. The van der Waals surface area contributed by atoms with E-state index in [-0.39, 0.29) is 5.56 Å². The Morgan fingerprint density at radius 3 is 2.87 bits per heavy atom. The zero-order valence-electron chi connectivity index (χ0n) is 8.57. The van der Waals surface area contributed by atoms with Crippen molar-refractivity contribution in [3.8, 4) is 0 Å². The van der Waals surface area contributed by atoms with Gasteiger partial charge in [-0.05, 0) is 28.8 Å². The second-order valence-corrected chi connectivity index (χ2v) is 4.54. The molecule has 1 aliphatic rings. The minimum atomic E-state index is -0.0218. The third-order valence-electron chi connectivity index (χ3n) is 2.71. The molecule has 1 saturated heterocycles. The highest BCUT2D eigenvalue weighted by atomic mass is 79.9. The van der Waals surface area contributed by atoms with Gasteiger partial charge in [-0.3, -0.25) is 4.79 Å². The molecule has 2 heterocycles. The van der Waals surface area contributed by atoms with Gasteiger partial charge >= 0.3 is 0 Å². The van der Waals surface area contributed by atoms with E-state index < -0.39 is 0 Å². The molecule has 1 fully saturated rings. The normalized spacial score (nSPS) is 18.0. The Labute approximate surface area is 96.4 Å². The first kappa shape index (κ1) is 10.8. The van der Waals surface area contributed by atoms with Gasteiger partial charge in [-0.1, -0.05) is 0 Å². The molecule has 0 N–H and O–H groups in total. The first-order valence-corrected chi connectivity index (χ1v) is 5.78. The molecule has 0 spiro atoms. The first-order chi connectivity index (χ1) is 7.20. The van der Waals surface area contributed by atoms with E-state index in [2.05, 4.69) is 20.9 Å². The van der Waals surface area contributed by atoms with Crippen LogP contribution < -0.4 is 5.56 Å². The third-order valence-corrected chi connectivity index (χ3v) is 3.46. The predicted octanol–water partition coefficient (Wildman–Crippen LogP) is 1.44. The molecule has 1 aliphatic heterocycles. The van der Waals surface area contributed by atoms with Crippen molar-refractivity contribution >= 4 is 15.9 Å². The molecule has 0 bridgehead atoms. The summed E-state index contributed by atoms with van der Waals surface area (Å²) in [7, 11) is 1.70. The summed E-state index contributed by atoms with van der Waals surface area (Å²) in [5, 5.41) is 0. The molecule has 82 valence electrons. The largest absolute Gasteiger partial charge is 0.381 e. The maximum Gasteiger partial charge on any atom is 0.267 e. The van der Waals surface area contributed by atoms with Crippen molar-refractivity contribution in [1.29, 1.82) is 0 Å². The van der Waals surface area contributed by atoms with E-state index in [1.807, 2.05) is 0 Å². The van der Waals surface area contributed by atoms with Crippen LogP contribution in [0.3, 0.4) is 0 Å². The van der Waals surface area contributed by atoms with Crippen molar-refractivity contribution < 1.29 is 4.74 Å². The number of hydrogen-bond donors (Lipinski definition) is 0. The van der Waals surface area contributed by atoms with Crippen LogP contribution in [0.1, 0.15) is 24.5 Å². The number of hydrogen-bond acceptors (Lipinski definition) is 3. The summed E-state index contributed by atoms with van der Waals surface area (Å²) in [5.41, 5.74) is 0.855. The lowest BCUT2D eigenvalue weighted by atomic mass is 9.96. The molecule has 4 nitrogen and oxygen atoms in total. The standard InChI is InChI=1S/C10H13BrN2O2/c1-13-6-12-9(8(11)10(13)14)7-2-4-15-5-3-7/h6-7H,2-5H2,1H3. The Morgan fingerprint density at radius 1 is 1.53 bits per heavy atom. The van der Waals surface area contributed by atoms with Crippen LogP contribution >= 0.6 is 15.9 Å².